The summed E-state index contributed by atoms with van der Waals surface area (Å²) in [5, 5.41) is 4.02. The van der Waals surface area contributed by atoms with Crippen LogP contribution in [0.2, 0.25) is 5.02 Å². The van der Waals surface area contributed by atoms with Gasteiger partial charge in [0.2, 0.25) is 0 Å². The molecule has 3 nitrogen and oxygen atoms in total. The van der Waals surface area contributed by atoms with Gasteiger partial charge >= 0.3 is 0 Å². The molecule has 1 aromatic carbocycles. The van der Waals surface area contributed by atoms with Crippen molar-refractivity contribution in [2.45, 2.75) is 19.9 Å². The zero-order chi connectivity index (χ0) is 13.0. The van der Waals surface area contributed by atoms with Gasteiger partial charge in [0.05, 0.1) is 0 Å². The van der Waals surface area contributed by atoms with E-state index in [-0.39, 0.29) is 0 Å². The molecule has 0 bridgehead atoms. The van der Waals surface area contributed by atoms with Crippen molar-refractivity contribution < 1.29 is 0 Å². The van der Waals surface area contributed by atoms with E-state index in [1.807, 2.05) is 37.3 Å². The molecule has 0 unspecified atom stereocenters. The molecule has 1 aromatic heterocycles. The minimum absolute atomic E-state index is 0.712. The molecule has 0 radical (unpaired) electrons. The van der Waals surface area contributed by atoms with Crippen LogP contribution >= 0.6 is 27.5 Å². The van der Waals surface area contributed by atoms with E-state index in [1.165, 1.54) is 0 Å². The molecule has 1 N–H and O–H groups in total. The first-order valence-corrected chi connectivity index (χ1v) is 6.86. The van der Waals surface area contributed by atoms with Crippen LogP contribution in [0.1, 0.15) is 18.3 Å². The topological polar surface area (TPSA) is 37.8 Å². The molecule has 0 amide bonds. The Morgan fingerprint density at radius 1 is 1.22 bits per heavy atom. The van der Waals surface area contributed by atoms with Crippen LogP contribution in [0.15, 0.2) is 34.9 Å². The van der Waals surface area contributed by atoms with Gasteiger partial charge in [-0.25, -0.2) is 9.97 Å². The van der Waals surface area contributed by atoms with Crippen molar-refractivity contribution in [1.82, 2.24) is 9.97 Å². The largest absolute Gasteiger partial charge is 0.366 e. The van der Waals surface area contributed by atoms with Gasteiger partial charge in [0, 0.05) is 24.1 Å². The second kappa shape index (κ2) is 6.16. The molecule has 2 aromatic rings. The number of nitrogens with one attached hydrogen (secondary N) is 1. The predicted molar refractivity (Wildman–Crippen MR) is 77.9 cm³/mol. The maximum atomic E-state index is 5.84. The van der Waals surface area contributed by atoms with Crippen molar-refractivity contribution >= 4 is 33.3 Å². The van der Waals surface area contributed by atoms with E-state index in [2.05, 4.69) is 31.2 Å². The standard InChI is InChI=1S/C13H13BrClN3/c1-2-12-17-11(14)7-13(18-12)16-8-9-3-5-10(15)6-4-9/h3-7H,2,8H2,1H3,(H,16,17,18). The third-order valence-corrected chi connectivity index (χ3v) is 3.10. The van der Waals surface area contributed by atoms with Crippen molar-refractivity contribution in [3.63, 3.8) is 0 Å². The summed E-state index contributed by atoms with van der Waals surface area (Å²) in [7, 11) is 0. The highest BCUT2D eigenvalue weighted by molar-refractivity contribution is 9.10. The first-order chi connectivity index (χ1) is 8.67. The van der Waals surface area contributed by atoms with Gasteiger partial charge in [-0.3, -0.25) is 0 Å². The van der Waals surface area contributed by atoms with Crippen LogP contribution in [0, 0.1) is 0 Å². The lowest BCUT2D eigenvalue weighted by Gasteiger charge is -2.07. The summed E-state index contributed by atoms with van der Waals surface area (Å²) < 4.78 is 0.799. The molecule has 0 saturated carbocycles. The van der Waals surface area contributed by atoms with E-state index >= 15 is 0 Å². The molecular formula is C13H13BrClN3. The summed E-state index contributed by atoms with van der Waals surface area (Å²) in [4.78, 5) is 8.67. The second-order valence-corrected chi connectivity index (χ2v) is 5.07. The van der Waals surface area contributed by atoms with E-state index in [0.717, 1.165) is 33.3 Å². The molecule has 0 fully saturated rings. The summed E-state index contributed by atoms with van der Waals surface area (Å²) in [6, 6.07) is 9.62. The smallest absolute Gasteiger partial charge is 0.131 e. The fourth-order valence-electron chi connectivity index (χ4n) is 1.51. The molecule has 0 spiro atoms. The van der Waals surface area contributed by atoms with Crippen LogP contribution < -0.4 is 5.32 Å². The summed E-state index contributed by atoms with van der Waals surface area (Å²) in [6.45, 7) is 2.74. The number of aryl methyl sites for hydroxylation is 1. The van der Waals surface area contributed by atoms with E-state index < -0.39 is 0 Å². The van der Waals surface area contributed by atoms with Crippen LogP contribution in [0.3, 0.4) is 0 Å². The van der Waals surface area contributed by atoms with E-state index in [4.69, 9.17) is 11.6 Å². The van der Waals surface area contributed by atoms with Crippen LogP contribution in [0.25, 0.3) is 0 Å². The third-order valence-electron chi connectivity index (χ3n) is 2.44. The number of rotatable bonds is 4. The highest BCUT2D eigenvalue weighted by Gasteiger charge is 2.01. The fourth-order valence-corrected chi connectivity index (χ4v) is 2.06. The SMILES string of the molecule is CCc1nc(Br)cc(NCc2ccc(Cl)cc2)n1. The molecule has 0 saturated heterocycles. The second-order valence-electron chi connectivity index (χ2n) is 3.83. The van der Waals surface area contributed by atoms with Gasteiger partial charge in [-0.1, -0.05) is 30.7 Å². The minimum atomic E-state index is 0.712. The molecule has 0 aliphatic rings. The van der Waals surface area contributed by atoms with Gasteiger partial charge < -0.3 is 5.32 Å². The molecule has 0 atom stereocenters. The summed E-state index contributed by atoms with van der Waals surface area (Å²) in [6.07, 6.45) is 0.815. The number of aromatic nitrogens is 2. The molecule has 0 aliphatic heterocycles. The lowest BCUT2D eigenvalue weighted by Crippen LogP contribution is -2.04. The number of benzene rings is 1. The number of hydrogen-bond acceptors (Lipinski definition) is 3. The molecule has 0 aliphatic carbocycles. The van der Waals surface area contributed by atoms with Crippen molar-refractivity contribution in [1.29, 1.82) is 0 Å². The average molecular weight is 327 g/mol. The quantitative estimate of drug-likeness (QED) is 0.861. The Hall–Kier alpha value is -1.13. The van der Waals surface area contributed by atoms with Crippen LogP contribution in [0.4, 0.5) is 5.82 Å². The van der Waals surface area contributed by atoms with Crippen molar-refractivity contribution in [2.24, 2.45) is 0 Å². The molecule has 2 rings (SSSR count). The minimum Gasteiger partial charge on any atom is -0.366 e. The van der Waals surface area contributed by atoms with Gasteiger partial charge in [0.25, 0.3) is 0 Å². The lowest BCUT2D eigenvalue weighted by atomic mass is 10.2. The molecular weight excluding hydrogens is 314 g/mol. The lowest BCUT2D eigenvalue weighted by molar-refractivity contribution is 0.921. The van der Waals surface area contributed by atoms with Crippen LogP contribution in [0.5, 0.6) is 0 Å². The van der Waals surface area contributed by atoms with Crippen LogP contribution in [-0.2, 0) is 13.0 Å². The highest BCUT2D eigenvalue weighted by Crippen LogP contribution is 2.15. The van der Waals surface area contributed by atoms with Crippen LogP contribution in [-0.4, -0.2) is 9.97 Å². The molecule has 5 heteroatoms. The zero-order valence-corrected chi connectivity index (χ0v) is 12.3. The van der Waals surface area contributed by atoms with Crippen molar-refractivity contribution in [3.05, 3.63) is 51.3 Å². The van der Waals surface area contributed by atoms with E-state index in [0.29, 0.717) is 6.54 Å². The van der Waals surface area contributed by atoms with Gasteiger partial charge in [-0.05, 0) is 33.6 Å². The Morgan fingerprint density at radius 2 is 1.94 bits per heavy atom. The average Bonchev–Trinajstić information content (AvgIpc) is 2.37. The molecule has 1 heterocycles. The Bertz CT molecular complexity index is 528. The van der Waals surface area contributed by atoms with E-state index in [9.17, 15) is 0 Å². The third kappa shape index (κ3) is 3.68. The maximum Gasteiger partial charge on any atom is 0.131 e. The molecule has 94 valence electrons. The van der Waals surface area contributed by atoms with Crippen molar-refractivity contribution in [2.75, 3.05) is 5.32 Å². The Morgan fingerprint density at radius 3 is 2.61 bits per heavy atom. The maximum absolute atomic E-state index is 5.84. The number of anilines is 1. The number of halogens is 2. The Labute approximate surface area is 120 Å². The van der Waals surface area contributed by atoms with Gasteiger partial charge in [-0.15, -0.1) is 0 Å². The van der Waals surface area contributed by atoms with E-state index in [1.54, 1.807) is 0 Å². The van der Waals surface area contributed by atoms with Gasteiger partial charge in [0.1, 0.15) is 16.2 Å². The first kappa shape index (κ1) is 13.3. The van der Waals surface area contributed by atoms with Gasteiger partial charge in [0.15, 0.2) is 0 Å². The summed E-state index contributed by atoms with van der Waals surface area (Å²) in [5.41, 5.74) is 1.16. The Balaban J connectivity index is 2.05. The summed E-state index contributed by atoms with van der Waals surface area (Å²) in [5.74, 6) is 1.65. The Kier molecular flexibility index (Phi) is 4.55. The van der Waals surface area contributed by atoms with Crippen molar-refractivity contribution in [3.8, 4) is 0 Å². The monoisotopic (exact) mass is 325 g/mol. The van der Waals surface area contributed by atoms with Gasteiger partial charge in [-0.2, -0.15) is 0 Å². The predicted octanol–water partition coefficient (Wildman–Crippen LogP) is 4.07. The number of hydrogen-bond donors (Lipinski definition) is 1. The number of nitrogens with zero attached hydrogens (tertiary/aromatic N) is 2. The normalized spacial score (nSPS) is 10.4. The fraction of sp³-hybridized carbons (Fsp3) is 0.231. The molecule has 18 heavy (non-hydrogen) atoms. The highest BCUT2D eigenvalue weighted by atomic mass is 79.9. The zero-order valence-electron chi connectivity index (χ0n) is 9.95. The summed E-state index contributed by atoms with van der Waals surface area (Å²) >= 11 is 9.22. The first-order valence-electron chi connectivity index (χ1n) is 5.69.